The summed E-state index contributed by atoms with van der Waals surface area (Å²) in [6, 6.07) is 6.41. The Morgan fingerprint density at radius 1 is 1.18 bits per heavy atom. The minimum atomic E-state index is -3.28. The van der Waals surface area contributed by atoms with Crippen molar-refractivity contribution in [2.24, 2.45) is 0 Å². The molecule has 1 heterocycles. The van der Waals surface area contributed by atoms with Gasteiger partial charge in [0, 0.05) is 24.5 Å². The van der Waals surface area contributed by atoms with E-state index in [1.165, 1.54) is 0 Å². The average Bonchev–Trinajstić information content (AvgIpc) is 2.48. The van der Waals surface area contributed by atoms with Crippen molar-refractivity contribution in [3.8, 4) is 0 Å². The van der Waals surface area contributed by atoms with Gasteiger partial charge in [-0.25, -0.2) is 8.42 Å². The number of anilines is 2. The van der Waals surface area contributed by atoms with Gasteiger partial charge in [-0.15, -0.1) is 0 Å². The molecule has 0 bridgehead atoms. The number of ether oxygens (including phenoxy) is 1. The number of carbonyl (C=O) groups excluding carboxylic acids is 1. The van der Waals surface area contributed by atoms with Crippen LogP contribution in [0.2, 0.25) is 0 Å². The van der Waals surface area contributed by atoms with Crippen molar-refractivity contribution in [1.82, 2.24) is 4.90 Å². The Morgan fingerprint density at radius 2 is 1.73 bits per heavy atom. The van der Waals surface area contributed by atoms with Gasteiger partial charge in [0.05, 0.1) is 19.5 Å². The summed E-state index contributed by atoms with van der Waals surface area (Å²) in [6.45, 7) is 4.18. The SMILES string of the molecule is CC(Nc1ccc(NS(C)(=O)=O)cc1)C(=O)N1CCOCC1. The Hall–Kier alpha value is -1.80. The number of benzene rings is 1. The monoisotopic (exact) mass is 327 g/mol. The second kappa shape index (κ2) is 6.97. The van der Waals surface area contributed by atoms with Crippen LogP contribution in [0.25, 0.3) is 0 Å². The van der Waals surface area contributed by atoms with Crippen molar-refractivity contribution in [3.05, 3.63) is 24.3 Å². The van der Waals surface area contributed by atoms with Crippen molar-refractivity contribution in [2.75, 3.05) is 42.6 Å². The second-order valence-corrected chi connectivity index (χ2v) is 7.00. The quantitative estimate of drug-likeness (QED) is 0.832. The van der Waals surface area contributed by atoms with Crippen LogP contribution in [0.5, 0.6) is 0 Å². The van der Waals surface area contributed by atoms with Crippen LogP contribution in [-0.4, -0.2) is 57.8 Å². The van der Waals surface area contributed by atoms with Crippen molar-refractivity contribution in [3.63, 3.8) is 0 Å². The maximum absolute atomic E-state index is 12.3. The summed E-state index contributed by atoms with van der Waals surface area (Å²) < 4.78 is 29.9. The number of hydrogen-bond acceptors (Lipinski definition) is 5. The van der Waals surface area contributed by atoms with E-state index >= 15 is 0 Å². The van der Waals surface area contributed by atoms with E-state index in [1.807, 2.05) is 0 Å². The number of sulfonamides is 1. The van der Waals surface area contributed by atoms with Gasteiger partial charge in [0.15, 0.2) is 0 Å². The van der Waals surface area contributed by atoms with Gasteiger partial charge in [-0.05, 0) is 31.2 Å². The largest absolute Gasteiger partial charge is 0.378 e. The highest BCUT2D eigenvalue weighted by molar-refractivity contribution is 7.92. The molecule has 0 saturated carbocycles. The van der Waals surface area contributed by atoms with Crippen LogP contribution in [0, 0.1) is 0 Å². The van der Waals surface area contributed by atoms with Gasteiger partial charge in [0.2, 0.25) is 15.9 Å². The fraction of sp³-hybridized carbons (Fsp3) is 0.500. The van der Waals surface area contributed by atoms with Crippen LogP contribution in [0.4, 0.5) is 11.4 Å². The Bertz CT molecular complexity index is 609. The highest BCUT2D eigenvalue weighted by atomic mass is 32.2. The topological polar surface area (TPSA) is 87.7 Å². The fourth-order valence-corrected chi connectivity index (χ4v) is 2.78. The molecule has 1 aliphatic heterocycles. The van der Waals surface area contributed by atoms with Crippen molar-refractivity contribution in [2.45, 2.75) is 13.0 Å². The number of hydrogen-bond donors (Lipinski definition) is 2. The van der Waals surface area contributed by atoms with Gasteiger partial charge in [0.1, 0.15) is 6.04 Å². The molecule has 2 N–H and O–H groups in total. The molecule has 2 rings (SSSR count). The Morgan fingerprint density at radius 3 is 2.27 bits per heavy atom. The van der Waals surface area contributed by atoms with Gasteiger partial charge in [0.25, 0.3) is 0 Å². The molecule has 0 radical (unpaired) electrons. The first-order valence-corrected chi connectivity index (χ1v) is 8.95. The van der Waals surface area contributed by atoms with Crippen LogP contribution in [0.1, 0.15) is 6.92 Å². The van der Waals surface area contributed by atoms with E-state index in [4.69, 9.17) is 4.74 Å². The van der Waals surface area contributed by atoms with Gasteiger partial charge in [-0.2, -0.15) is 0 Å². The molecule has 1 amide bonds. The molecule has 22 heavy (non-hydrogen) atoms. The third-order valence-corrected chi connectivity index (χ3v) is 3.87. The fourth-order valence-electron chi connectivity index (χ4n) is 2.22. The molecule has 8 heteroatoms. The van der Waals surface area contributed by atoms with Gasteiger partial charge >= 0.3 is 0 Å². The number of morpholine rings is 1. The van der Waals surface area contributed by atoms with Crippen LogP contribution in [0.15, 0.2) is 24.3 Å². The smallest absolute Gasteiger partial charge is 0.244 e. The van der Waals surface area contributed by atoms with E-state index < -0.39 is 10.0 Å². The molecule has 0 aliphatic carbocycles. The van der Waals surface area contributed by atoms with Crippen LogP contribution < -0.4 is 10.0 Å². The Kier molecular flexibility index (Phi) is 5.25. The van der Waals surface area contributed by atoms with Crippen molar-refractivity contribution in [1.29, 1.82) is 0 Å². The summed E-state index contributed by atoms with van der Waals surface area (Å²) in [6.07, 6.45) is 1.10. The zero-order valence-electron chi connectivity index (χ0n) is 12.7. The lowest BCUT2D eigenvalue weighted by atomic mass is 10.2. The predicted octanol–water partition coefficient (Wildman–Crippen LogP) is 0.717. The van der Waals surface area contributed by atoms with E-state index in [9.17, 15) is 13.2 Å². The normalized spacial score (nSPS) is 16.9. The van der Waals surface area contributed by atoms with E-state index in [0.29, 0.717) is 32.0 Å². The molecule has 1 atom stereocenters. The summed E-state index contributed by atoms with van der Waals surface area (Å²) in [4.78, 5) is 14.1. The highest BCUT2D eigenvalue weighted by Crippen LogP contribution is 2.16. The second-order valence-electron chi connectivity index (χ2n) is 5.26. The molecule has 122 valence electrons. The molecule has 1 aromatic carbocycles. The van der Waals surface area contributed by atoms with Crippen LogP contribution >= 0.6 is 0 Å². The van der Waals surface area contributed by atoms with Crippen molar-refractivity contribution >= 4 is 27.3 Å². The number of nitrogens with zero attached hydrogens (tertiary/aromatic N) is 1. The molecular formula is C14H21N3O4S. The lowest BCUT2D eigenvalue weighted by Gasteiger charge is -2.29. The molecule has 1 saturated heterocycles. The predicted molar refractivity (Wildman–Crippen MR) is 85.4 cm³/mol. The summed E-state index contributed by atoms with van der Waals surface area (Å²) >= 11 is 0. The third kappa shape index (κ3) is 4.88. The lowest BCUT2D eigenvalue weighted by molar-refractivity contribution is -0.135. The Labute approximate surface area is 130 Å². The first-order chi connectivity index (χ1) is 10.3. The highest BCUT2D eigenvalue weighted by Gasteiger charge is 2.22. The minimum Gasteiger partial charge on any atom is -0.378 e. The number of carbonyl (C=O) groups is 1. The standard InChI is InChI=1S/C14H21N3O4S/c1-11(14(18)17-7-9-21-10-8-17)15-12-3-5-13(6-4-12)16-22(2,19)20/h3-6,11,15-16H,7-10H2,1-2H3. The van der Waals surface area contributed by atoms with Gasteiger partial charge in [-0.1, -0.05) is 0 Å². The molecule has 1 aliphatic rings. The summed E-state index contributed by atoms with van der Waals surface area (Å²) in [5, 5.41) is 3.12. The average molecular weight is 327 g/mol. The number of amides is 1. The first kappa shape index (κ1) is 16.6. The Balaban J connectivity index is 1.93. The zero-order chi connectivity index (χ0) is 16.2. The number of nitrogens with one attached hydrogen (secondary N) is 2. The molecular weight excluding hydrogens is 306 g/mol. The summed E-state index contributed by atoms with van der Waals surface area (Å²) in [7, 11) is -3.28. The van der Waals surface area contributed by atoms with E-state index in [0.717, 1.165) is 11.9 Å². The minimum absolute atomic E-state index is 0.0293. The molecule has 0 aromatic heterocycles. The maximum Gasteiger partial charge on any atom is 0.244 e. The third-order valence-electron chi connectivity index (χ3n) is 3.26. The van der Waals surface area contributed by atoms with Gasteiger partial charge < -0.3 is 15.0 Å². The molecule has 1 aromatic rings. The first-order valence-electron chi connectivity index (χ1n) is 7.06. The van der Waals surface area contributed by atoms with Crippen LogP contribution in [0.3, 0.4) is 0 Å². The van der Waals surface area contributed by atoms with E-state index in [-0.39, 0.29) is 11.9 Å². The molecule has 7 nitrogen and oxygen atoms in total. The van der Waals surface area contributed by atoms with Crippen LogP contribution in [-0.2, 0) is 19.6 Å². The maximum atomic E-state index is 12.3. The summed E-state index contributed by atoms with van der Waals surface area (Å²) in [5.41, 5.74) is 1.24. The molecule has 0 spiro atoms. The molecule has 1 unspecified atom stereocenters. The van der Waals surface area contributed by atoms with E-state index in [1.54, 1.807) is 36.1 Å². The van der Waals surface area contributed by atoms with E-state index in [2.05, 4.69) is 10.0 Å². The van der Waals surface area contributed by atoms with Gasteiger partial charge in [-0.3, -0.25) is 9.52 Å². The lowest BCUT2D eigenvalue weighted by Crippen LogP contribution is -2.46. The molecule has 1 fully saturated rings. The number of rotatable bonds is 5. The zero-order valence-corrected chi connectivity index (χ0v) is 13.5. The van der Waals surface area contributed by atoms with Crippen molar-refractivity contribution < 1.29 is 17.9 Å². The summed E-state index contributed by atoms with van der Waals surface area (Å²) in [5.74, 6) is 0.0293.